The van der Waals surface area contributed by atoms with Gasteiger partial charge in [-0.1, -0.05) is 12.1 Å². The lowest BCUT2D eigenvalue weighted by molar-refractivity contribution is -0.143. The highest BCUT2D eigenvalue weighted by molar-refractivity contribution is 7.09. The van der Waals surface area contributed by atoms with Crippen LogP contribution in [0.2, 0.25) is 0 Å². The second-order valence-electron chi connectivity index (χ2n) is 7.87. The second kappa shape index (κ2) is 11.0. The molecule has 2 heterocycles. The lowest BCUT2D eigenvalue weighted by Crippen LogP contribution is -2.45. The molecule has 0 fully saturated rings. The number of nitrogens with zero attached hydrogens (tertiary/aromatic N) is 2. The summed E-state index contributed by atoms with van der Waals surface area (Å²) in [5, 5.41) is 12.3. The van der Waals surface area contributed by atoms with Gasteiger partial charge in [0.05, 0.1) is 12.3 Å². The molecule has 3 amide bonds. The van der Waals surface area contributed by atoms with Crippen molar-refractivity contribution in [2.75, 3.05) is 30.6 Å². The number of hydrogen-bond acceptors (Lipinski definition) is 11. The minimum atomic E-state index is -1.38. The Morgan fingerprint density at radius 2 is 1.87 bits per heavy atom. The van der Waals surface area contributed by atoms with E-state index in [9.17, 15) is 24.3 Å². The zero-order chi connectivity index (χ0) is 27.4. The summed E-state index contributed by atoms with van der Waals surface area (Å²) in [7, 11) is 0. The van der Waals surface area contributed by atoms with Crippen LogP contribution in [0.5, 0.6) is 17.2 Å². The fourth-order valence-corrected chi connectivity index (χ4v) is 4.44. The smallest absolute Gasteiger partial charge is 0.325 e. The number of rotatable bonds is 9. The topological polar surface area (TPSA) is 196 Å². The highest BCUT2D eigenvalue weighted by Crippen LogP contribution is 2.39. The Hall–Kier alpha value is -4.85. The molecule has 2 aromatic carbocycles. The van der Waals surface area contributed by atoms with Crippen molar-refractivity contribution in [1.29, 1.82) is 0 Å². The van der Waals surface area contributed by atoms with Gasteiger partial charge in [0.15, 0.2) is 17.2 Å². The van der Waals surface area contributed by atoms with Crippen molar-refractivity contribution in [3.63, 3.8) is 0 Å². The van der Waals surface area contributed by atoms with Gasteiger partial charge in [-0.15, -0.1) is 0 Å². The summed E-state index contributed by atoms with van der Waals surface area (Å²) in [5.74, 6) is -2.44. The van der Waals surface area contributed by atoms with Crippen molar-refractivity contribution < 1.29 is 38.5 Å². The number of carbonyl (C=O) groups is 4. The maximum absolute atomic E-state index is 14.0. The predicted molar refractivity (Wildman–Crippen MR) is 135 cm³/mol. The summed E-state index contributed by atoms with van der Waals surface area (Å²) in [6.45, 7) is 1.25. The van der Waals surface area contributed by atoms with Gasteiger partial charge in [0, 0.05) is 11.8 Å². The van der Waals surface area contributed by atoms with Crippen LogP contribution in [0.3, 0.4) is 0 Å². The van der Waals surface area contributed by atoms with Crippen molar-refractivity contribution in [2.24, 2.45) is 5.73 Å². The van der Waals surface area contributed by atoms with E-state index in [0.717, 1.165) is 4.90 Å². The molecule has 0 spiro atoms. The number of hydrogen-bond donors (Lipinski definition) is 4. The number of primary amides is 1. The first-order chi connectivity index (χ1) is 18.2. The van der Waals surface area contributed by atoms with E-state index in [0.29, 0.717) is 23.0 Å². The molecule has 0 saturated heterocycles. The summed E-state index contributed by atoms with van der Waals surface area (Å²) in [6, 6.07) is 8.79. The molecule has 6 N–H and O–H groups in total. The standard InChI is InChI=1S/C24H23N5O8S/c1-2-35-17(31)10-27-23(33)20(12-3-6-14(30)7-4-12)29(13-5-8-15-16(9-13)37-11-36-15)24(34)21-18(25)19(22(26)32)28-38-21/h3-9,20,30H,2,10-11,25H2,1H3,(H2,26,32)(H,27,33). The number of nitrogen functional groups attached to an aromatic ring is 1. The Morgan fingerprint density at radius 1 is 1.16 bits per heavy atom. The Kier molecular flexibility index (Phi) is 7.62. The van der Waals surface area contributed by atoms with Crippen LogP contribution in [0.1, 0.15) is 38.7 Å². The molecule has 1 atom stereocenters. The number of fused-ring (bicyclic) bond motifs is 1. The molecule has 1 aromatic heterocycles. The second-order valence-corrected chi connectivity index (χ2v) is 8.64. The number of aromatic nitrogens is 1. The van der Waals surface area contributed by atoms with Gasteiger partial charge in [-0.05, 0) is 48.3 Å². The van der Waals surface area contributed by atoms with Gasteiger partial charge in [0.2, 0.25) is 12.7 Å². The van der Waals surface area contributed by atoms with Crippen LogP contribution < -0.4 is 31.2 Å². The molecule has 1 aliphatic heterocycles. The summed E-state index contributed by atoms with van der Waals surface area (Å²) in [4.78, 5) is 52.2. The maximum Gasteiger partial charge on any atom is 0.325 e. The minimum Gasteiger partial charge on any atom is -0.508 e. The lowest BCUT2D eigenvalue weighted by Gasteiger charge is -2.31. The van der Waals surface area contributed by atoms with E-state index in [1.54, 1.807) is 13.0 Å². The number of benzene rings is 2. The highest BCUT2D eigenvalue weighted by atomic mass is 32.1. The molecule has 0 bridgehead atoms. The third kappa shape index (κ3) is 5.29. The molecule has 38 heavy (non-hydrogen) atoms. The van der Waals surface area contributed by atoms with Crippen molar-refractivity contribution in [2.45, 2.75) is 13.0 Å². The number of phenols is 1. The molecule has 0 aliphatic carbocycles. The zero-order valence-corrected chi connectivity index (χ0v) is 20.8. The van der Waals surface area contributed by atoms with Crippen molar-refractivity contribution in [3.05, 3.63) is 58.6 Å². The molecule has 4 rings (SSSR count). The number of aromatic hydroxyl groups is 1. The van der Waals surface area contributed by atoms with Gasteiger partial charge < -0.3 is 36.1 Å². The van der Waals surface area contributed by atoms with Crippen LogP contribution in [-0.2, 0) is 14.3 Å². The van der Waals surface area contributed by atoms with Crippen LogP contribution in [0, 0.1) is 0 Å². The third-order valence-corrected chi connectivity index (χ3v) is 6.29. The van der Waals surface area contributed by atoms with Gasteiger partial charge >= 0.3 is 5.97 Å². The van der Waals surface area contributed by atoms with E-state index in [1.807, 2.05) is 0 Å². The van der Waals surface area contributed by atoms with Gasteiger partial charge in [-0.25, -0.2) is 0 Å². The van der Waals surface area contributed by atoms with Gasteiger partial charge in [-0.3, -0.25) is 24.1 Å². The monoisotopic (exact) mass is 541 g/mol. The number of nitrogens with one attached hydrogen (secondary N) is 1. The van der Waals surface area contributed by atoms with Crippen LogP contribution in [0.4, 0.5) is 11.4 Å². The first-order valence-electron chi connectivity index (χ1n) is 11.2. The molecule has 1 aliphatic rings. The number of nitrogens with two attached hydrogens (primary N) is 2. The van der Waals surface area contributed by atoms with E-state index >= 15 is 0 Å². The first-order valence-corrected chi connectivity index (χ1v) is 12.0. The number of ether oxygens (including phenoxy) is 3. The fraction of sp³-hybridized carbons (Fsp3) is 0.208. The molecule has 198 valence electrons. The van der Waals surface area contributed by atoms with Crippen molar-refractivity contribution in [1.82, 2.24) is 9.69 Å². The van der Waals surface area contributed by atoms with Crippen LogP contribution >= 0.6 is 11.5 Å². The number of esters is 1. The average molecular weight is 542 g/mol. The molecule has 13 nitrogen and oxygen atoms in total. The number of anilines is 2. The summed E-state index contributed by atoms with van der Waals surface area (Å²) < 4.78 is 19.6. The van der Waals surface area contributed by atoms with Crippen LogP contribution in [0.15, 0.2) is 42.5 Å². The van der Waals surface area contributed by atoms with E-state index < -0.39 is 36.3 Å². The SMILES string of the molecule is CCOC(=O)CNC(=O)C(c1ccc(O)cc1)N(C(=O)c1snc(C(N)=O)c1N)c1ccc2c(c1)OCO2. The number of carbonyl (C=O) groups excluding carboxylic acids is 4. The summed E-state index contributed by atoms with van der Waals surface area (Å²) in [6.07, 6.45) is 0. The molecule has 14 heteroatoms. The van der Waals surface area contributed by atoms with E-state index in [2.05, 4.69) is 9.69 Å². The van der Waals surface area contributed by atoms with Crippen LogP contribution in [-0.4, -0.2) is 53.1 Å². The van der Waals surface area contributed by atoms with E-state index in [4.69, 9.17) is 25.7 Å². The molecule has 0 radical (unpaired) electrons. The molecular formula is C24H23N5O8S. The van der Waals surface area contributed by atoms with Crippen molar-refractivity contribution >= 4 is 46.6 Å². The van der Waals surface area contributed by atoms with Gasteiger partial charge in [-0.2, -0.15) is 4.37 Å². The maximum atomic E-state index is 14.0. The van der Waals surface area contributed by atoms with Crippen LogP contribution in [0.25, 0.3) is 0 Å². The Balaban J connectivity index is 1.84. The largest absolute Gasteiger partial charge is 0.508 e. The quantitative estimate of drug-likeness (QED) is 0.287. The Labute approximate surface area is 220 Å². The highest BCUT2D eigenvalue weighted by Gasteiger charge is 2.37. The van der Waals surface area contributed by atoms with E-state index in [1.165, 1.54) is 36.4 Å². The average Bonchev–Trinajstić information content (AvgIpc) is 3.52. The third-order valence-electron chi connectivity index (χ3n) is 5.44. The molecule has 1 unspecified atom stereocenters. The number of phenolic OH excluding ortho intramolecular Hbond substituents is 1. The minimum absolute atomic E-state index is 0.0298. The normalized spacial score (nSPS) is 12.4. The number of amides is 3. The Morgan fingerprint density at radius 3 is 2.53 bits per heavy atom. The van der Waals surface area contributed by atoms with Gasteiger partial charge in [0.1, 0.15) is 23.2 Å². The summed E-state index contributed by atoms with van der Waals surface area (Å²) in [5.41, 5.74) is 11.3. The molecule has 0 saturated carbocycles. The van der Waals surface area contributed by atoms with Gasteiger partial charge in [0.25, 0.3) is 11.8 Å². The predicted octanol–water partition coefficient (Wildman–Crippen LogP) is 1.33. The molecular weight excluding hydrogens is 518 g/mol. The van der Waals surface area contributed by atoms with E-state index in [-0.39, 0.29) is 46.7 Å². The fourth-order valence-electron chi connectivity index (χ4n) is 3.70. The zero-order valence-electron chi connectivity index (χ0n) is 20.0. The molecule has 3 aromatic rings. The first kappa shape index (κ1) is 26.2. The van der Waals surface area contributed by atoms with Crippen molar-refractivity contribution in [3.8, 4) is 17.2 Å². The Bertz CT molecular complexity index is 1390. The lowest BCUT2D eigenvalue weighted by atomic mass is 10.0. The summed E-state index contributed by atoms with van der Waals surface area (Å²) >= 11 is 0.644.